The highest BCUT2D eigenvalue weighted by Crippen LogP contribution is 2.40. The third kappa shape index (κ3) is 4.74. The fourth-order valence-electron chi connectivity index (χ4n) is 2.96. The highest BCUT2D eigenvalue weighted by Gasteiger charge is 2.44. The quantitative estimate of drug-likeness (QED) is 0.566. The lowest BCUT2D eigenvalue weighted by Crippen LogP contribution is -2.36. The van der Waals surface area contributed by atoms with Crippen molar-refractivity contribution in [2.75, 3.05) is 20.6 Å². The van der Waals surface area contributed by atoms with Crippen molar-refractivity contribution in [1.82, 2.24) is 4.90 Å². The third-order valence-corrected chi connectivity index (χ3v) is 5.09. The van der Waals surface area contributed by atoms with Gasteiger partial charge in [-0.2, -0.15) is 8.78 Å². The van der Waals surface area contributed by atoms with Crippen molar-refractivity contribution in [3.8, 4) is 0 Å². The summed E-state index contributed by atoms with van der Waals surface area (Å²) in [5.74, 6) is -2.97. The van der Waals surface area contributed by atoms with Gasteiger partial charge in [0.05, 0.1) is 5.71 Å². The summed E-state index contributed by atoms with van der Waals surface area (Å²) in [5.41, 5.74) is 4.06. The summed E-state index contributed by atoms with van der Waals surface area (Å²) < 4.78 is 29.3. The molecule has 0 saturated heterocycles. The second-order valence-corrected chi connectivity index (χ2v) is 7.81. The number of nitrogens with zero attached hydrogens (tertiary/aromatic N) is 2. The fraction of sp³-hybridized carbons (Fsp3) is 0.409. The van der Waals surface area contributed by atoms with E-state index in [4.69, 9.17) is 11.6 Å². The normalized spacial score (nSPS) is 19.6. The highest BCUT2D eigenvalue weighted by molar-refractivity contribution is 6.31. The van der Waals surface area contributed by atoms with Gasteiger partial charge in [-0.15, -0.1) is 0 Å². The number of hydrogen-bond donors (Lipinski definition) is 0. The lowest BCUT2D eigenvalue weighted by molar-refractivity contribution is -0.0267. The van der Waals surface area contributed by atoms with Gasteiger partial charge in [0.25, 0.3) is 5.92 Å². The van der Waals surface area contributed by atoms with Crippen LogP contribution in [0.5, 0.6) is 0 Å². The molecule has 1 aliphatic heterocycles. The first-order valence-electron chi connectivity index (χ1n) is 8.97. The van der Waals surface area contributed by atoms with Gasteiger partial charge in [-0.3, -0.25) is 4.99 Å². The predicted octanol–water partition coefficient (Wildman–Crippen LogP) is 5.94. The topological polar surface area (TPSA) is 15.6 Å². The molecular weight excluding hydrogens is 366 g/mol. The van der Waals surface area contributed by atoms with Crippen LogP contribution in [-0.4, -0.2) is 37.3 Å². The summed E-state index contributed by atoms with van der Waals surface area (Å²) >= 11 is 6.23. The van der Waals surface area contributed by atoms with Crippen LogP contribution in [0.15, 0.2) is 63.2 Å². The van der Waals surface area contributed by atoms with E-state index in [1.54, 1.807) is 18.2 Å². The number of rotatable bonds is 5. The molecule has 27 heavy (non-hydrogen) atoms. The van der Waals surface area contributed by atoms with E-state index in [0.717, 1.165) is 16.7 Å². The Bertz CT molecular complexity index is 828. The van der Waals surface area contributed by atoms with Crippen LogP contribution in [-0.2, 0) is 5.92 Å². The minimum absolute atomic E-state index is 0.0397. The maximum atomic E-state index is 14.7. The van der Waals surface area contributed by atoms with Gasteiger partial charge in [0.1, 0.15) is 6.04 Å². The van der Waals surface area contributed by atoms with Crippen molar-refractivity contribution in [2.24, 2.45) is 4.99 Å². The van der Waals surface area contributed by atoms with Gasteiger partial charge in [-0.1, -0.05) is 47.5 Å². The Kier molecular flexibility index (Phi) is 6.77. The van der Waals surface area contributed by atoms with Crippen LogP contribution in [0.4, 0.5) is 8.78 Å². The van der Waals surface area contributed by atoms with Crippen LogP contribution < -0.4 is 0 Å². The van der Waals surface area contributed by atoms with Gasteiger partial charge in [-0.05, 0) is 59.0 Å². The molecule has 0 bridgehead atoms. The van der Waals surface area contributed by atoms with E-state index < -0.39 is 12.0 Å². The summed E-state index contributed by atoms with van der Waals surface area (Å²) in [6.07, 6.45) is 3.77. The molecule has 1 aromatic carbocycles. The SMILES string of the molecule is CC(C)=C(Cl)/C=C\C(C)=C(\CN(C)C)C1=NC(C)C(F)(F)c2ccccc21. The molecule has 0 aromatic heterocycles. The number of benzene rings is 1. The number of fused-ring (bicyclic) bond motifs is 1. The highest BCUT2D eigenvalue weighted by atomic mass is 35.5. The van der Waals surface area contributed by atoms with Crippen molar-refractivity contribution in [3.63, 3.8) is 0 Å². The molecule has 5 heteroatoms. The van der Waals surface area contributed by atoms with Crippen LogP contribution in [0.2, 0.25) is 0 Å². The van der Waals surface area contributed by atoms with Gasteiger partial charge < -0.3 is 4.90 Å². The zero-order chi connectivity index (χ0) is 20.4. The van der Waals surface area contributed by atoms with E-state index in [1.165, 1.54) is 13.0 Å². The number of alkyl halides is 2. The van der Waals surface area contributed by atoms with Crippen molar-refractivity contribution in [3.05, 3.63) is 69.3 Å². The lowest BCUT2D eigenvalue weighted by Gasteiger charge is -2.31. The van der Waals surface area contributed by atoms with Crippen molar-refractivity contribution >= 4 is 17.3 Å². The van der Waals surface area contributed by atoms with E-state index in [0.29, 0.717) is 22.9 Å². The molecule has 0 fully saturated rings. The first-order chi connectivity index (χ1) is 12.6. The van der Waals surface area contributed by atoms with Crippen molar-refractivity contribution in [1.29, 1.82) is 0 Å². The molecule has 1 atom stereocenters. The second kappa shape index (κ2) is 8.49. The average Bonchev–Trinajstić information content (AvgIpc) is 2.60. The van der Waals surface area contributed by atoms with Gasteiger partial charge in [-0.25, -0.2) is 0 Å². The molecule has 2 nitrogen and oxygen atoms in total. The van der Waals surface area contributed by atoms with Gasteiger partial charge in [0.15, 0.2) is 0 Å². The van der Waals surface area contributed by atoms with Gasteiger partial charge in [0, 0.05) is 22.7 Å². The largest absolute Gasteiger partial charge is 0.305 e. The Morgan fingerprint density at radius 3 is 2.41 bits per heavy atom. The molecule has 0 spiro atoms. The summed E-state index contributed by atoms with van der Waals surface area (Å²) in [7, 11) is 3.90. The second-order valence-electron chi connectivity index (χ2n) is 7.40. The number of likely N-dealkylation sites (N-methyl/N-ethyl adjacent to an activating group) is 1. The third-order valence-electron chi connectivity index (χ3n) is 4.58. The summed E-state index contributed by atoms with van der Waals surface area (Å²) in [5, 5.41) is 0.671. The fourth-order valence-corrected chi connectivity index (χ4v) is 3.02. The Labute approximate surface area is 165 Å². The van der Waals surface area contributed by atoms with Crippen LogP contribution >= 0.6 is 11.6 Å². The maximum absolute atomic E-state index is 14.7. The van der Waals surface area contributed by atoms with Crippen LogP contribution in [0.3, 0.4) is 0 Å². The summed E-state index contributed by atoms with van der Waals surface area (Å²) in [4.78, 5) is 6.43. The molecule has 0 amide bonds. The molecule has 2 rings (SSSR count). The van der Waals surface area contributed by atoms with Crippen LogP contribution in [0.25, 0.3) is 0 Å². The molecular formula is C22H27ClF2N2. The Morgan fingerprint density at radius 1 is 1.19 bits per heavy atom. The van der Waals surface area contributed by atoms with Gasteiger partial charge >= 0.3 is 0 Å². The van der Waals surface area contributed by atoms with Crippen molar-refractivity contribution in [2.45, 2.75) is 39.7 Å². The Hall–Kier alpha value is -1.78. The van der Waals surface area contributed by atoms with E-state index in [2.05, 4.69) is 4.99 Å². The van der Waals surface area contributed by atoms with E-state index >= 15 is 0 Å². The lowest BCUT2D eigenvalue weighted by atomic mass is 9.86. The zero-order valence-corrected chi connectivity index (χ0v) is 17.5. The molecule has 1 heterocycles. The summed E-state index contributed by atoms with van der Waals surface area (Å²) in [6, 6.07) is 5.54. The maximum Gasteiger partial charge on any atom is 0.295 e. The minimum Gasteiger partial charge on any atom is -0.305 e. The molecule has 0 aliphatic carbocycles. The zero-order valence-electron chi connectivity index (χ0n) is 16.8. The average molecular weight is 393 g/mol. The smallest absolute Gasteiger partial charge is 0.295 e. The first-order valence-corrected chi connectivity index (χ1v) is 9.34. The predicted molar refractivity (Wildman–Crippen MR) is 111 cm³/mol. The molecule has 1 unspecified atom stereocenters. The molecule has 1 aromatic rings. The molecule has 0 saturated carbocycles. The number of hydrogen-bond acceptors (Lipinski definition) is 2. The van der Waals surface area contributed by atoms with E-state index in [1.807, 2.05) is 51.9 Å². The van der Waals surface area contributed by atoms with Crippen LogP contribution in [0.1, 0.15) is 38.8 Å². The van der Waals surface area contributed by atoms with Crippen molar-refractivity contribution < 1.29 is 8.78 Å². The Morgan fingerprint density at radius 2 is 1.81 bits per heavy atom. The number of halogens is 3. The monoisotopic (exact) mass is 392 g/mol. The van der Waals surface area contributed by atoms with E-state index in [-0.39, 0.29) is 5.56 Å². The summed E-state index contributed by atoms with van der Waals surface area (Å²) in [6.45, 7) is 7.91. The van der Waals surface area contributed by atoms with Crippen LogP contribution in [0, 0.1) is 0 Å². The molecule has 146 valence electrons. The molecule has 1 aliphatic rings. The number of aliphatic imine (C=N–C) groups is 1. The molecule has 0 radical (unpaired) electrons. The Balaban J connectivity index is 2.64. The number of allylic oxidation sites excluding steroid dienone is 5. The molecule has 0 N–H and O–H groups in total. The van der Waals surface area contributed by atoms with E-state index in [9.17, 15) is 8.78 Å². The minimum atomic E-state index is -2.97. The first kappa shape index (κ1) is 21.5. The van der Waals surface area contributed by atoms with Gasteiger partial charge in [0.2, 0.25) is 0 Å². The standard InChI is InChI=1S/C22H27ClF2N2/c1-14(2)20(23)12-11-15(3)18(13-27(5)6)21-17-9-7-8-10-19(17)22(24,25)16(4)26-21/h7-12,16H,13H2,1-6H3/b12-11-,18-15-.